The van der Waals surface area contributed by atoms with E-state index in [1.807, 2.05) is 12.1 Å². The van der Waals surface area contributed by atoms with Gasteiger partial charge in [-0.3, -0.25) is 0 Å². The van der Waals surface area contributed by atoms with E-state index >= 15 is 0 Å². The highest BCUT2D eigenvalue weighted by Gasteiger charge is 2.18. The quantitative estimate of drug-likeness (QED) is 0.707. The Morgan fingerprint density at radius 2 is 1.73 bits per heavy atom. The van der Waals surface area contributed by atoms with Crippen LogP contribution < -0.4 is 4.74 Å². The van der Waals surface area contributed by atoms with E-state index in [0.29, 0.717) is 0 Å². The minimum atomic E-state index is -0.672. The molecule has 59 valence electrons. The van der Waals surface area contributed by atoms with Crippen molar-refractivity contribution in [2.24, 2.45) is 0 Å². The van der Waals surface area contributed by atoms with E-state index in [-0.39, 0.29) is 0 Å². The molecule has 1 nitrogen and oxygen atoms in total. The smallest absolute Gasteiger partial charge is 0.272 e. The molecule has 0 saturated carbocycles. The zero-order chi connectivity index (χ0) is 8.32. The van der Waals surface area contributed by atoms with Crippen molar-refractivity contribution in [3.05, 3.63) is 30.3 Å². The van der Waals surface area contributed by atoms with Crippen molar-refractivity contribution >= 4 is 47.8 Å². The molecular formula is C7H4Br3O. The first-order chi connectivity index (χ1) is 5.08. The minimum Gasteiger partial charge on any atom is -0.456 e. The highest BCUT2D eigenvalue weighted by molar-refractivity contribution is 9.39. The van der Waals surface area contributed by atoms with Crippen LogP contribution >= 0.6 is 47.8 Å². The molecule has 0 heterocycles. The molecule has 0 atom stereocenters. The number of ether oxygens (including phenoxy) is 1. The number of hydrogen-bond acceptors (Lipinski definition) is 1. The summed E-state index contributed by atoms with van der Waals surface area (Å²) in [6.07, 6.45) is 0. The van der Waals surface area contributed by atoms with E-state index in [2.05, 4.69) is 53.9 Å². The van der Waals surface area contributed by atoms with Crippen LogP contribution in [0.15, 0.2) is 24.3 Å². The second-order valence-corrected chi connectivity index (χ2v) is 8.33. The molecule has 0 fully saturated rings. The van der Waals surface area contributed by atoms with E-state index in [4.69, 9.17) is 4.74 Å². The predicted octanol–water partition coefficient (Wildman–Crippen LogP) is 3.66. The van der Waals surface area contributed by atoms with Crippen molar-refractivity contribution in [1.29, 1.82) is 0 Å². The summed E-state index contributed by atoms with van der Waals surface area (Å²) < 4.78 is 4.66. The van der Waals surface area contributed by atoms with Gasteiger partial charge in [0.25, 0.3) is 2.33 Å². The number of rotatable bonds is 1. The molecule has 0 aliphatic heterocycles. The van der Waals surface area contributed by atoms with Crippen LogP contribution in [0.1, 0.15) is 0 Å². The summed E-state index contributed by atoms with van der Waals surface area (Å²) in [5.41, 5.74) is 0. The van der Waals surface area contributed by atoms with Crippen LogP contribution in [0.2, 0.25) is 0 Å². The van der Waals surface area contributed by atoms with Gasteiger partial charge in [0.05, 0.1) is 0 Å². The van der Waals surface area contributed by atoms with Crippen molar-refractivity contribution in [2.45, 2.75) is 2.33 Å². The fraction of sp³-hybridized carbons (Fsp3) is 0.143. The van der Waals surface area contributed by atoms with Gasteiger partial charge in [-0.1, -0.05) is 12.1 Å². The molecule has 0 aromatic heterocycles. The normalized spacial score (nSPS) is 11.2. The zero-order valence-electron chi connectivity index (χ0n) is 5.35. The monoisotopic (exact) mass is 341 g/mol. The first-order valence-electron chi connectivity index (χ1n) is 2.80. The van der Waals surface area contributed by atoms with E-state index in [0.717, 1.165) is 5.75 Å². The van der Waals surface area contributed by atoms with Crippen LogP contribution in [-0.2, 0) is 0 Å². The fourth-order valence-electron chi connectivity index (χ4n) is 0.573. The summed E-state index contributed by atoms with van der Waals surface area (Å²) in [5.74, 6) is 0.759. The van der Waals surface area contributed by atoms with Crippen LogP contribution in [0, 0.1) is 6.07 Å². The minimum absolute atomic E-state index is 0.672. The van der Waals surface area contributed by atoms with Gasteiger partial charge in [-0.15, -0.1) is 0 Å². The Morgan fingerprint density at radius 1 is 1.18 bits per heavy atom. The van der Waals surface area contributed by atoms with Crippen molar-refractivity contribution in [2.75, 3.05) is 0 Å². The highest BCUT2D eigenvalue weighted by atomic mass is 80.0. The lowest BCUT2D eigenvalue weighted by Gasteiger charge is -2.14. The standard InChI is InChI=1S/C7H4Br3O/c8-7(9,10)11-6-4-2-1-3-5-6/h2-5H. The zero-order valence-corrected chi connectivity index (χ0v) is 10.1. The second-order valence-electron chi connectivity index (χ2n) is 1.78. The van der Waals surface area contributed by atoms with Crippen LogP contribution in [0.3, 0.4) is 0 Å². The lowest BCUT2D eigenvalue weighted by atomic mass is 10.3. The van der Waals surface area contributed by atoms with Gasteiger partial charge in [-0.05, 0) is 66.0 Å². The first kappa shape index (κ1) is 9.55. The Morgan fingerprint density at radius 3 is 2.18 bits per heavy atom. The lowest BCUT2D eigenvalue weighted by molar-refractivity contribution is 0.356. The molecule has 0 N–H and O–H groups in total. The van der Waals surface area contributed by atoms with Crippen LogP contribution in [0.25, 0.3) is 0 Å². The molecule has 4 heteroatoms. The van der Waals surface area contributed by atoms with Gasteiger partial charge in [-0.25, -0.2) is 0 Å². The fourth-order valence-corrected chi connectivity index (χ4v) is 1.13. The van der Waals surface area contributed by atoms with E-state index in [1.165, 1.54) is 0 Å². The number of hydrogen-bond donors (Lipinski definition) is 0. The Labute approximate surface area is 90.5 Å². The Hall–Kier alpha value is 0.460. The van der Waals surface area contributed by atoms with Gasteiger partial charge in [0.1, 0.15) is 5.75 Å². The molecule has 0 aliphatic carbocycles. The largest absolute Gasteiger partial charge is 0.456 e. The van der Waals surface area contributed by atoms with Gasteiger partial charge in [0.2, 0.25) is 0 Å². The van der Waals surface area contributed by atoms with E-state index in [1.54, 1.807) is 12.1 Å². The predicted molar refractivity (Wildman–Crippen MR) is 55.4 cm³/mol. The summed E-state index contributed by atoms with van der Waals surface area (Å²) in [7, 11) is 0. The molecule has 1 rings (SSSR count). The average molecular weight is 344 g/mol. The highest BCUT2D eigenvalue weighted by Crippen LogP contribution is 2.35. The topological polar surface area (TPSA) is 9.23 Å². The van der Waals surface area contributed by atoms with Gasteiger partial charge in [0.15, 0.2) is 0 Å². The summed E-state index contributed by atoms with van der Waals surface area (Å²) in [5, 5.41) is 0. The maximum atomic E-state index is 5.33. The Balaban J connectivity index is 2.66. The molecule has 1 aromatic rings. The number of benzene rings is 1. The lowest BCUT2D eigenvalue weighted by Crippen LogP contribution is -2.09. The first-order valence-corrected chi connectivity index (χ1v) is 5.18. The van der Waals surface area contributed by atoms with Gasteiger partial charge in [0, 0.05) is 0 Å². The molecule has 0 unspecified atom stereocenters. The van der Waals surface area contributed by atoms with E-state index in [9.17, 15) is 0 Å². The molecular weight excluding hydrogens is 340 g/mol. The molecule has 0 amide bonds. The summed E-state index contributed by atoms with van der Waals surface area (Å²) in [4.78, 5) is 0. The van der Waals surface area contributed by atoms with Crippen LogP contribution in [0.4, 0.5) is 0 Å². The van der Waals surface area contributed by atoms with E-state index < -0.39 is 2.33 Å². The number of halogens is 3. The second kappa shape index (κ2) is 3.92. The Kier molecular flexibility index (Phi) is 3.40. The van der Waals surface area contributed by atoms with Gasteiger partial charge >= 0.3 is 0 Å². The molecule has 11 heavy (non-hydrogen) atoms. The van der Waals surface area contributed by atoms with Crippen molar-refractivity contribution in [3.8, 4) is 5.75 Å². The van der Waals surface area contributed by atoms with Gasteiger partial charge in [-0.2, -0.15) is 0 Å². The summed E-state index contributed by atoms with van der Waals surface area (Å²) in [6, 6.07) is 10.1. The van der Waals surface area contributed by atoms with Gasteiger partial charge < -0.3 is 4.74 Å². The average Bonchev–Trinajstić information content (AvgIpc) is 1.85. The third kappa shape index (κ3) is 4.13. The summed E-state index contributed by atoms with van der Waals surface area (Å²) in [6.45, 7) is 0. The SMILES string of the molecule is BrC(Br)(Br)Oc1cc[c]cc1. The molecule has 1 radical (unpaired) electrons. The molecule has 0 aliphatic rings. The van der Waals surface area contributed by atoms with Crippen molar-refractivity contribution in [1.82, 2.24) is 0 Å². The molecule has 0 bridgehead atoms. The van der Waals surface area contributed by atoms with Crippen molar-refractivity contribution < 1.29 is 4.74 Å². The summed E-state index contributed by atoms with van der Waals surface area (Å²) >= 11 is 9.65. The number of alkyl halides is 3. The Bertz CT molecular complexity index is 217. The third-order valence-corrected chi connectivity index (χ3v) is 1.41. The maximum Gasteiger partial charge on any atom is 0.272 e. The molecule has 1 aromatic carbocycles. The third-order valence-electron chi connectivity index (χ3n) is 0.921. The van der Waals surface area contributed by atoms with Crippen molar-refractivity contribution in [3.63, 3.8) is 0 Å². The molecule has 0 saturated heterocycles. The van der Waals surface area contributed by atoms with Crippen LogP contribution in [-0.4, -0.2) is 2.33 Å². The molecule has 0 spiro atoms. The van der Waals surface area contributed by atoms with Crippen LogP contribution in [0.5, 0.6) is 5.75 Å². The maximum absolute atomic E-state index is 5.33.